The van der Waals surface area contributed by atoms with Crippen LogP contribution in [-0.2, 0) is 4.74 Å². The van der Waals surface area contributed by atoms with Crippen LogP contribution in [0.5, 0.6) is 0 Å². The number of aromatic nitrogens is 5. The highest BCUT2D eigenvalue weighted by Gasteiger charge is 2.53. The van der Waals surface area contributed by atoms with Crippen LogP contribution in [0.1, 0.15) is 48.3 Å². The smallest absolute Gasteiger partial charge is 0.284 e. The Morgan fingerprint density at radius 3 is 2.79 bits per heavy atom. The molecule has 0 aromatic carbocycles. The van der Waals surface area contributed by atoms with Crippen molar-refractivity contribution >= 4 is 23.1 Å². The third-order valence-electron chi connectivity index (χ3n) is 7.14. The standard InChI is InChI=1S/C22H26F2N8O2/c1-12-19-16(34-19)11-30(12)17-5-8-31-21(27-17)14(9-25-31)22(33)26-15-10-32(28-18(15)20(23)24)13-3-6-29(2)7-4-13/h5,8-10,12-13,16,19-20H,3-4,6-7,11H2,1-2H3,(H,26,33)/t12-,16+,19?/m0/s1. The summed E-state index contributed by atoms with van der Waals surface area (Å²) in [7, 11) is 2.03. The van der Waals surface area contributed by atoms with Gasteiger partial charge in [-0.25, -0.2) is 18.3 Å². The lowest BCUT2D eigenvalue weighted by atomic mass is 10.1. The van der Waals surface area contributed by atoms with E-state index in [0.29, 0.717) is 5.65 Å². The first-order chi connectivity index (χ1) is 16.4. The highest BCUT2D eigenvalue weighted by molar-refractivity contribution is 6.08. The van der Waals surface area contributed by atoms with Gasteiger partial charge in [0, 0.05) is 18.9 Å². The number of likely N-dealkylation sites (tertiary alicyclic amines) is 1. The van der Waals surface area contributed by atoms with E-state index >= 15 is 0 Å². The van der Waals surface area contributed by atoms with E-state index in [9.17, 15) is 13.6 Å². The number of amides is 1. The number of morpholine rings is 1. The number of carbonyl (C=O) groups is 1. The van der Waals surface area contributed by atoms with E-state index in [0.717, 1.165) is 38.3 Å². The third kappa shape index (κ3) is 3.61. The number of halogens is 2. The fourth-order valence-corrected chi connectivity index (χ4v) is 5.05. The molecule has 6 rings (SSSR count). The Labute approximate surface area is 194 Å². The van der Waals surface area contributed by atoms with E-state index in [1.165, 1.54) is 16.9 Å². The van der Waals surface area contributed by atoms with Gasteiger partial charge in [0.1, 0.15) is 23.6 Å². The number of anilines is 2. The number of hydrogen-bond donors (Lipinski definition) is 1. The molecule has 0 aliphatic carbocycles. The molecule has 0 saturated carbocycles. The lowest BCUT2D eigenvalue weighted by Gasteiger charge is -2.28. The number of nitrogens with one attached hydrogen (secondary N) is 1. The van der Waals surface area contributed by atoms with E-state index in [1.807, 2.05) is 13.1 Å². The van der Waals surface area contributed by atoms with E-state index in [1.54, 1.807) is 10.9 Å². The molecule has 0 spiro atoms. The van der Waals surface area contributed by atoms with Crippen LogP contribution in [0.2, 0.25) is 0 Å². The van der Waals surface area contributed by atoms with Gasteiger partial charge in [-0.3, -0.25) is 9.48 Å². The third-order valence-corrected chi connectivity index (χ3v) is 7.14. The summed E-state index contributed by atoms with van der Waals surface area (Å²) in [6.07, 6.45) is 3.94. The lowest BCUT2D eigenvalue weighted by Crippen LogP contribution is -2.33. The quantitative estimate of drug-likeness (QED) is 0.570. The molecule has 3 atom stereocenters. The number of piperidine rings is 1. The van der Waals surface area contributed by atoms with E-state index in [4.69, 9.17) is 4.74 Å². The Kier molecular flexibility index (Phi) is 5.03. The van der Waals surface area contributed by atoms with E-state index in [2.05, 4.69) is 37.2 Å². The molecule has 3 fully saturated rings. The minimum atomic E-state index is -2.80. The number of rotatable bonds is 5. The van der Waals surface area contributed by atoms with E-state index in [-0.39, 0.29) is 35.5 Å². The minimum Gasteiger partial charge on any atom is -0.365 e. The summed E-state index contributed by atoms with van der Waals surface area (Å²) in [6.45, 7) is 4.58. The highest BCUT2D eigenvalue weighted by atomic mass is 19.3. The van der Waals surface area contributed by atoms with Crippen molar-refractivity contribution in [1.29, 1.82) is 0 Å². The molecule has 1 N–H and O–H groups in total. The Morgan fingerprint density at radius 1 is 1.29 bits per heavy atom. The van der Waals surface area contributed by atoms with Crippen LogP contribution in [0, 0.1) is 0 Å². The predicted molar refractivity (Wildman–Crippen MR) is 119 cm³/mol. The second-order valence-electron chi connectivity index (χ2n) is 9.34. The van der Waals surface area contributed by atoms with Crippen LogP contribution in [-0.4, -0.2) is 80.1 Å². The van der Waals surface area contributed by atoms with Gasteiger partial charge in [0.25, 0.3) is 12.3 Å². The van der Waals surface area contributed by atoms with Gasteiger partial charge in [0.15, 0.2) is 11.3 Å². The van der Waals surface area contributed by atoms with Crippen molar-refractivity contribution in [2.75, 3.05) is 36.9 Å². The molecule has 12 heteroatoms. The molecule has 1 amide bonds. The van der Waals surface area contributed by atoms with Gasteiger partial charge in [-0.2, -0.15) is 10.2 Å². The second-order valence-corrected chi connectivity index (χ2v) is 9.34. The number of nitrogens with zero attached hydrogens (tertiary/aromatic N) is 7. The SMILES string of the molecule is C[C@H]1C2O[C@@H]2CN1c1ccn2ncc(C(=O)Nc3cn(C4CCN(C)CC4)nc3C(F)F)c2n1. The average molecular weight is 473 g/mol. The zero-order chi connectivity index (χ0) is 23.6. The van der Waals surface area contributed by atoms with Gasteiger partial charge in [0.2, 0.25) is 0 Å². The minimum absolute atomic E-state index is 0.0137. The number of ether oxygens (including phenoxy) is 1. The summed E-state index contributed by atoms with van der Waals surface area (Å²) in [4.78, 5) is 22.1. The zero-order valence-electron chi connectivity index (χ0n) is 18.9. The number of alkyl halides is 2. The van der Waals surface area contributed by atoms with Gasteiger partial charge in [0.05, 0.1) is 24.0 Å². The fraction of sp³-hybridized carbons (Fsp3) is 0.545. The maximum atomic E-state index is 13.7. The highest BCUT2D eigenvalue weighted by Crippen LogP contribution is 2.38. The summed E-state index contributed by atoms with van der Waals surface area (Å²) in [5.74, 6) is 0.179. The molecule has 3 aromatic heterocycles. The van der Waals surface area contributed by atoms with Crippen molar-refractivity contribution in [3.8, 4) is 0 Å². The van der Waals surface area contributed by atoms with Gasteiger partial charge >= 0.3 is 0 Å². The molecular formula is C22H26F2N8O2. The normalized spacial score (nSPS) is 25.3. The predicted octanol–water partition coefficient (Wildman–Crippen LogP) is 2.36. The zero-order valence-corrected chi connectivity index (χ0v) is 18.9. The summed E-state index contributed by atoms with van der Waals surface area (Å²) in [6, 6.07) is 2.07. The van der Waals surface area contributed by atoms with Crippen molar-refractivity contribution in [1.82, 2.24) is 29.3 Å². The fourth-order valence-electron chi connectivity index (χ4n) is 5.05. The summed E-state index contributed by atoms with van der Waals surface area (Å²) < 4.78 is 36.1. The first-order valence-electron chi connectivity index (χ1n) is 11.5. The first-order valence-corrected chi connectivity index (χ1v) is 11.5. The maximum Gasteiger partial charge on any atom is 0.284 e. The molecular weight excluding hydrogens is 446 g/mol. The molecule has 34 heavy (non-hydrogen) atoms. The molecule has 180 valence electrons. The number of carbonyl (C=O) groups excluding carboxylic acids is 1. The van der Waals surface area contributed by atoms with Gasteiger partial charge < -0.3 is 19.9 Å². The van der Waals surface area contributed by atoms with Crippen molar-refractivity contribution in [3.05, 3.63) is 35.9 Å². The molecule has 0 radical (unpaired) electrons. The van der Waals surface area contributed by atoms with Gasteiger partial charge in [-0.15, -0.1) is 0 Å². The van der Waals surface area contributed by atoms with Crippen LogP contribution in [0.4, 0.5) is 20.3 Å². The molecule has 0 bridgehead atoms. The first kappa shape index (κ1) is 21.4. The lowest BCUT2D eigenvalue weighted by molar-refractivity contribution is 0.102. The number of hydrogen-bond acceptors (Lipinski definition) is 7. The van der Waals surface area contributed by atoms with Crippen molar-refractivity contribution in [2.45, 2.75) is 50.5 Å². The molecule has 3 saturated heterocycles. The Balaban J connectivity index is 1.26. The summed E-state index contributed by atoms with van der Waals surface area (Å²) in [5.41, 5.74) is 0.162. The van der Waals surface area contributed by atoms with Crippen molar-refractivity contribution in [2.24, 2.45) is 0 Å². The molecule has 1 unspecified atom stereocenters. The van der Waals surface area contributed by atoms with Crippen molar-refractivity contribution in [3.63, 3.8) is 0 Å². The van der Waals surface area contributed by atoms with Crippen LogP contribution in [0.3, 0.4) is 0 Å². The molecule has 3 aliphatic heterocycles. The Bertz CT molecular complexity index is 1230. The van der Waals surface area contributed by atoms with Gasteiger partial charge in [-0.1, -0.05) is 0 Å². The van der Waals surface area contributed by atoms with Gasteiger partial charge in [-0.05, 0) is 46.0 Å². The topological polar surface area (TPSA) is 96.1 Å². The Hall–Kier alpha value is -3.12. The molecule has 10 nitrogen and oxygen atoms in total. The number of epoxide rings is 1. The monoisotopic (exact) mass is 472 g/mol. The summed E-state index contributed by atoms with van der Waals surface area (Å²) in [5, 5.41) is 11.0. The second kappa shape index (κ2) is 7.98. The van der Waals surface area contributed by atoms with Crippen LogP contribution in [0.15, 0.2) is 24.7 Å². The van der Waals surface area contributed by atoms with Crippen LogP contribution in [0.25, 0.3) is 5.65 Å². The molecule has 3 aromatic rings. The molecule has 6 heterocycles. The van der Waals surface area contributed by atoms with Crippen LogP contribution < -0.4 is 10.2 Å². The number of fused-ring (bicyclic) bond motifs is 2. The maximum absolute atomic E-state index is 13.7. The Morgan fingerprint density at radius 2 is 2.09 bits per heavy atom. The van der Waals surface area contributed by atoms with Crippen molar-refractivity contribution < 1.29 is 18.3 Å². The summed E-state index contributed by atoms with van der Waals surface area (Å²) >= 11 is 0. The van der Waals surface area contributed by atoms with Crippen LogP contribution >= 0.6 is 0 Å². The molecule has 3 aliphatic rings. The van der Waals surface area contributed by atoms with E-state index < -0.39 is 18.0 Å². The largest absolute Gasteiger partial charge is 0.365 e. The average Bonchev–Trinajstić information content (AvgIpc) is 3.13.